The van der Waals surface area contributed by atoms with E-state index >= 15 is 0 Å². The second-order valence-electron chi connectivity index (χ2n) is 7.74. The zero-order chi connectivity index (χ0) is 20.2. The van der Waals surface area contributed by atoms with Crippen molar-refractivity contribution in [3.8, 4) is 0 Å². The molecule has 1 unspecified atom stereocenters. The quantitative estimate of drug-likeness (QED) is 0.545. The fraction of sp³-hybridized carbons (Fsp3) is 0.824. The number of hydroxylamine groups is 3. The number of nitrogens with zero attached hydrogens (tertiary/aromatic N) is 3. The van der Waals surface area contributed by atoms with Crippen LogP contribution in [0.1, 0.15) is 47.0 Å². The lowest BCUT2D eigenvalue weighted by atomic mass is 10.1. The number of ether oxygens (including phenoxy) is 1. The maximum absolute atomic E-state index is 12.4. The van der Waals surface area contributed by atoms with Crippen molar-refractivity contribution in [2.45, 2.75) is 64.6 Å². The van der Waals surface area contributed by atoms with Gasteiger partial charge in [-0.15, -0.1) is 0 Å². The highest BCUT2D eigenvalue weighted by molar-refractivity contribution is 5.87. The molecule has 0 saturated carbocycles. The fourth-order valence-corrected chi connectivity index (χ4v) is 3.25. The van der Waals surface area contributed by atoms with Gasteiger partial charge in [0.1, 0.15) is 11.6 Å². The van der Waals surface area contributed by atoms with Crippen molar-refractivity contribution in [2.75, 3.05) is 26.2 Å². The van der Waals surface area contributed by atoms with Crippen molar-refractivity contribution in [2.24, 2.45) is 0 Å². The molecule has 2 aliphatic heterocycles. The van der Waals surface area contributed by atoms with Crippen LogP contribution in [0.2, 0.25) is 0 Å². The van der Waals surface area contributed by atoms with E-state index in [0.29, 0.717) is 24.6 Å². The summed E-state index contributed by atoms with van der Waals surface area (Å²) in [6.07, 6.45) is 1.52. The molecule has 0 aromatic heterocycles. The van der Waals surface area contributed by atoms with Crippen LogP contribution in [0, 0.1) is 0 Å². The molecule has 0 aromatic rings. The van der Waals surface area contributed by atoms with Gasteiger partial charge in [-0.3, -0.25) is 14.8 Å². The second kappa shape index (κ2) is 8.75. The second-order valence-corrected chi connectivity index (χ2v) is 7.74. The maximum Gasteiger partial charge on any atom is 0.410 e. The summed E-state index contributed by atoms with van der Waals surface area (Å²) in [5.41, 5.74) is 1.80. The molecule has 0 spiro atoms. The molecule has 2 N–H and O–H groups in total. The Morgan fingerprint density at radius 1 is 1.26 bits per heavy atom. The van der Waals surface area contributed by atoms with Gasteiger partial charge in [0, 0.05) is 13.1 Å². The number of hydrogen-bond acceptors (Lipinski definition) is 6. The van der Waals surface area contributed by atoms with E-state index in [9.17, 15) is 19.6 Å². The van der Waals surface area contributed by atoms with Crippen molar-refractivity contribution in [1.29, 1.82) is 0 Å². The highest BCUT2D eigenvalue weighted by Gasteiger charge is 2.37. The Kier molecular flexibility index (Phi) is 6.88. The van der Waals surface area contributed by atoms with Gasteiger partial charge in [0.25, 0.3) is 5.91 Å². The van der Waals surface area contributed by atoms with Crippen molar-refractivity contribution < 1.29 is 29.2 Å². The lowest BCUT2D eigenvalue weighted by molar-refractivity contribution is -0.144. The van der Waals surface area contributed by atoms with Gasteiger partial charge in [-0.1, -0.05) is 0 Å². The largest absolute Gasteiger partial charge is 0.444 e. The van der Waals surface area contributed by atoms with Crippen molar-refractivity contribution >= 4 is 18.0 Å². The zero-order valence-electron chi connectivity index (χ0n) is 16.4. The van der Waals surface area contributed by atoms with Crippen LogP contribution >= 0.6 is 0 Å². The minimum Gasteiger partial charge on any atom is -0.444 e. The summed E-state index contributed by atoms with van der Waals surface area (Å²) in [5.74, 6) is -0.444. The molecule has 2 rings (SSSR count). The predicted octanol–water partition coefficient (Wildman–Crippen LogP) is 1.34. The molecule has 27 heavy (non-hydrogen) atoms. The summed E-state index contributed by atoms with van der Waals surface area (Å²) in [7, 11) is 0. The first-order valence-electron chi connectivity index (χ1n) is 9.32. The number of carbonyl (C=O) groups excluding carboxylic acids is 3. The molecule has 2 fully saturated rings. The van der Waals surface area contributed by atoms with Crippen LogP contribution in [-0.2, 0) is 14.4 Å². The monoisotopic (exact) mass is 386 g/mol. The predicted molar refractivity (Wildman–Crippen MR) is 94.7 cm³/mol. The molecule has 0 radical (unpaired) electrons. The lowest BCUT2D eigenvalue weighted by Crippen LogP contribution is -2.58. The van der Waals surface area contributed by atoms with Gasteiger partial charge in [0.2, 0.25) is 0 Å². The number of nitrogens with one attached hydrogen (secondary N) is 1. The van der Waals surface area contributed by atoms with E-state index in [1.165, 1.54) is 4.90 Å². The molecular formula is C17H30N4O6. The fourth-order valence-electron chi connectivity index (χ4n) is 3.25. The van der Waals surface area contributed by atoms with Crippen LogP contribution in [-0.4, -0.2) is 82.0 Å². The number of likely N-dealkylation sites (tertiary alicyclic amines) is 1. The normalized spacial score (nSPS) is 23.6. The number of amides is 4. The topological polar surface area (TPSA) is 112 Å². The number of urea groups is 1. The van der Waals surface area contributed by atoms with Gasteiger partial charge in [0.15, 0.2) is 0 Å². The maximum atomic E-state index is 12.4. The summed E-state index contributed by atoms with van der Waals surface area (Å²) in [6, 6.07) is -1.48. The SMILES string of the molecule is CCN1C(=O)N(O)CC[C@H]1C(=O)NOCC1CCCN1C(=O)OC(C)(C)C. The lowest BCUT2D eigenvalue weighted by Gasteiger charge is -2.37. The van der Waals surface area contributed by atoms with Crippen LogP contribution < -0.4 is 5.48 Å². The Morgan fingerprint density at radius 3 is 2.59 bits per heavy atom. The minimum absolute atomic E-state index is 0.0858. The van der Waals surface area contributed by atoms with Gasteiger partial charge in [-0.2, -0.15) is 0 Å². The van der Waals surface area contributed by atoms with Gasteiger partial charge >= 0.3 is 12.1 Å². The molecular weight excluding hydrogens is 356 g/mol. The first-order chi connectivity index (χ1) is 12.6. The molecule has 4 amide bonds. The number of carbonyl (C=O) groups is 3. The van der Waals surface area contributed by atoms with Crippen LogP contribution in [0.25, 0.3) is 0 Å². The summed E-state index contributed by atoms with van der Waals surface area (Å²) >= 11 is 0. The Labute approximate surface area is 159 Å². The molecule has 0 bridgehead atoms. The summed E-state index contributed by atoms with van der Waals surface area (Å²) in [6.45, 7) is 8.27. The molecule has 2 saturated heterocycles. The average Bonchev–Trinajstić information content (AvgIpc) is 3.04. The van der Waals surface area contributed by atoms with E-state index in [1.807, 2.05) is 20.8 Å². The zero-order valence-corrected chi connectivity index (χ0v) is 16.4. The van der Waals surface area contributed by atoms with Crippen LogP contribution in [0.5, 0.6) is 0 Å². The Morgan fingerprint density at radius 2 is 1.96 bits per heavy atom. The third-order valence-electron chi connectivity index (χ3n) is 4.55. The molecule has 0 aromatic carbocycles. The van der Waals surface area contributed by atoms with Crippen LogP contribution in [0.3, 0.4) is 0 Å². The van der Waals surface area contributed by atoms with Gasteiger partial charge in [-0.05, 0) is 47.0 Å². The Bertz CT molecular complexity index is 564. The summed E-state index contributed by atoms with van der Waals surface area (Å²) in [4.78, 5) is 44.8. The van der Waals surface area contributed by atoms with Crippen molar-refractivity contribution in [3.05, 3.63) is 0 Å². The summed E-state index contributed by atoms with van der Waals surface area (Å²) in [5, 5.41) is 10.1. The first kappa shape index (κ1) is 21.2. The number of rotatable bonds is 5. The molecule has 10 heteroatoms. The highest BCUT2D eigenvalue weighted by atomic mass is 16.7. The van der Waals surface area contributed by atoms with Gasteiger partial charge < -0.3 is 14.5 Å². The third-order valence-corrected chi connectivity index (χ3v) is 4.55. The standard InChI is InChI=1S/C17H30N4O6/c1-5-19-13(8-10-21(25)15(19)23)14(22)18-26-11-12-7-6-9-20(12)16(24)27-17(2,3)4/h12-13,25H,5-11H2,1-4H3,(H,18,22)/t12?,13-/m0/s1. The number of hydrogen-bond donors (Lipinski definition) is 2. The Balaban J connectivity index is 1.83. The van der Waals surface area contributed by atoms with Crippen molar-refractivity contribution in [1.82, 2.24) is 20.3 Å². The van der Waals surface area contributed by atoms with E-state index in [1.54, 1.807) is 11.8 Å². The molecule has 0 aliphatic carbocycles. The van der Waals surface area contributed by atoms with E-state index < -0.39 is 29.7 Å². The molecule has 154 valence electrons. The van der Waals surface area contributed by atoms with Gasteiger partial charge in [-0.25, -0.2) is 20.1 Å². The van der Waals surface area contributed by atoms with E-state index in [0.717, 1.165) is 12.8 Å². The smallest absolute Gasteiger partial charge is 0.410 e. The van der Waals surface area contributed by atoms with E-state index in [2.05, 4.69) is 5.48 Å². The van der Waals surface area contributed by atoms with E-state index in [4.69, 9.17) is 9.57 Å². The van der Waals surface area contributed by atoms with Gasteiger partial charge in [0.05, 0.1) is 19.2 Å². The van der Waals surface area contributed by atoms with Crippen LogP contribution in [0.15, 0.2) is 0 Å². The van der Waals surface area contributed by atoms with Crippen molar-refractivity contribution in [3.63, 3.8) is 0 Å². The van der Waals surface area contributed by atoms with E-state index in [-0.39, 0.29) is 19.2 Å². The highest BCUT2D eigenvalue weighted by Crippen LogP contribution is 2.21. The molecule has 2 atom stereocenters. The summed E-state index contributed by atoms with van der Waals surface area (Å²) < 4.78 is 5.40. The van der Waals surface area contributed by atoms with Crippen LogP contribution in [0.4, 0.5) is 9.59 Å². The first-order valence-corrected chi connectivity index (χ1v) is 9.32. The molecule has 2 heterocycles. The minimum atomic E-state index is -0.698. The number of likely N-dealkylation sites (N-methyl/N-ethyl adjacent to an activating group) is 1. The Hall–Kier alpha value is -2.07. The molecule has 10 nitrogen and oxygen atoms in total. The third kappa shape index (κ3) is 5.46. The molecule has 2 aliphatic rings. The average molecular weight is 386 g/mol.